The topological polar surface area (TPSA) is 105 Å². The summed E-state index contributed by atoms with van der Waals surface area (Å²) in [5.41, 5.74) is -3.48. The summed E-state index contributed by atoms with van der Waals surface area (Å²) >= 11 is 0. The van der Waals surface area contributed by atoms with Gasteiger partial charge >= 0.3 is 23.9 Å². The van der Waals surface area contributed by atoms with E-state index in [2.05, 4.69) is 11.3 Å². The van der Waals surface area contributed by atoms with Crippen LogP contribution in [0.2, 0.25) is 0 Å². The van der Waals surface area contributed by atoms with Gasteiger partial charge in [-0.1, -0.05) is 6.58 Å². The second-order valence-corrected chi connectivity index (χ2v) is 8.11. The first-order chi connectivity index (χ1) is 12.7. The van der Waals surface area contributed by atoms with E-state index in [0.717, 1.165) is 0 Å². The van der Waals surface area contributed by atoms with E-state index < -0.39 is 40.1 Å². The molecule has 8 heteroatoms. The minimum atomic E-state index is -1.28. The van der Waals surface area contributed by atoms with E-state index in [1.165, 1.54) is 28.4 Å². The Hall–Kier alpha value is -2.38. The fraction of sp³-hybridized carbons (Fsp3) is 0.700. The summed E-state index contributed by atoms with van der Waals surface area (Å²) in [4.78, 5) is 49.1. The standard InChI is InChI=1S/C20H32O8/c1-13(14(21)25-6)10-19(4,16(23)27-8)12-20(5,17(24)28-9)11-18(2,3)15(22)26-7/h1,10-12H2,2-9H3. The van der Waals surface area contributed by atoms with Gasteiger partial charge in [-0.3, -0.25) is 14.4 Å². The van der Waals surface area contributed by atoms with Crippen LogP contribution < -0.4 is 0 Å². The van der Waals surface area contributed by atoms with Gasteiger partial charge in [0.15, 0.2) is 0 Å². The van der Waals surface area contributed by atoms with E-state index >= 15 is 0 Å². The molecule has 0 saturated heterocycles. The van der Waals surface area contributed by atoms with Crippen molar-refractivity contribution < 1.29 is 38.1 Å². The van der Waals surface area contributed by atoms with Gasteiger partial charge in [-0.05, 0) is 47.0 Å². The molecule has 160 valence electrons. The summed E-state index contributed by atoms with van der Waals surface area (Å²) in [6.45, 7) is 10.1. The molecule has 0 radical (unpaired) electrons. The molecule has 0 saturated carbocycles. The minimum absolute atomic E-state index is 0.0458. The van der Waals surface area contributed by atoms with Crippen LogP contribution >= 0.6 is 0 Å². The van der Waals surface area contributed by atoms with Gasteiger partial charge in [0.2, 0.25) is 0 Å². The summed E-state index contributed by atoms with van der Waals surface area (Å²) in [6.07, 6.45) is -0.0794. The maximum atomic E-state index is 12.6. The van der Waals surface area contributed by atoms with Gasteiger partial charge in [0.05, 0.1) is 44.7 Å². The zero-order valence-corrected chi connectivity index (χ0v) is 18.1. The average molecular weight is 400 g/mol. The second kappa shape index (κ2) is 9.71. The number of rotatable bonds is 10. The number of ether oxygens (including phenoxy) is 4. The number of esters is 4. The van der Waals surface area contributed by atoms with Crippen molar-refractivity contribution in [1.82, 2.24) is 0 Å². The fourth-order valence-corrected chi connectivity index (χ4v) is 3.78. The largest absolute Gasteiger partial charge is 0.469 e. The Balaban J connectivity index is 6.08. The van der Waals surface area contributed by atoms with E-state index in [-0.39, 0.29) is 24.8 Å². The molecule has 0 amide bonds. The monoisotopic (exact) mass is 400 g/mol. The van der Waals surface area contributed by atoms with Crippen LogP contribution in [0.1, 0.15) is 47.0 Å². The van der Waals surface area contributed by atoms with Crippen molar-refractivity contribution >= 4 is 23.9 Å². The number of carbonyl (C=O) groups is 4. The maximum absolute atomic E-state index is 12.6. The van der Waals surface area contributed by atoms with Crippen LogP contribution in [0.3, 0.4) is 0 Å². The molecule has 0 N–H and O–H groups in total. The summed E-state index contributed by atoms with van der Waals surface area (Å²) in [5.74, 6) is -2.38. The predicted octanol–water partition coefficient (Wildman–Crippen LogP) is 2.44. The third kappa shape index (κ3) is 6.07. The van der Waals surface area contributed by atoms with Gasteiger partial charge in [-0.2, -0.15) is 0 Å². The average Bonchev–Trinajstić information content (AvgIpc) is 2.63. The molecule has 0 aliphatic rings. The Morgan fingerprint density at radius 3 is 1.50 bits per heavy atom. The van der Waals surface area contributed by atoms with Crippen molar-refractivity contribution in [2.45, 2.75) is 47.0 Å². The zero-order chi connectivity index (χ0) is 22.3. The molecule has 2 atom stereocenters. The molecule has 0 heterocycles. The van der Waals surface area contributed by atoms with Crippen molar-refractivity contribution in [1.29, 1.82) is 0 Å². The molecule has 0 fully saturated rings. The first-order valence-corrected chi connectivity index (χ1v) is 8.74. The minimum Gasteiger partial charge on any atom is -0.469 e. The van der Waals surface area contributed by atoms with E-state index in [0.29, 0.717) is 0 Å². The lowest BCUT2D eigenvalue weighted by molar-refractivity contribution is -0.165. The van der Waals surface area contributed by atoms with Crippen molar-refractivity contribution in [3.8, 4) is 0 Å². The smallest absolute Gasteiger partial charge is 0.333 e. The van der Waals surface area contributed by atoms with Gasteiger partial charge in [-0.15, -0.1) is 0 Å². The van der Waals surface area contributed by atoms with Crippen LogP contribution in [-0.2, 0) is 38.1 Å². The summed E-state index contributed by atoms with van der Waals surface area (Å²) in [6, 6.07) is 0. The highest BCUT2D eigenvalue weighted by atomic mass is 16.5. The fourth-order valence-electron chi connectivity index (χ4n) is 3.78. The molecule has 0 bridgehead atoms. The van der Waals surface area contributed by atoms with Crippen LogP contribution in [0.4, 0.5) is 0 Å². The number of hydrogen-bond acceptors (Lipinski definition) is 8. The first kappa shape index (κ1) is 25.6. The van der Waals surface area contributed by atoms with Crippen molar-refractivity contribution in [3.63, 3.8) is 0 Å². The maximum Gasteiger partial charge on any atom is 0.333 e. The quantitative estimate of drug-likeness (QED) is 0.313. The Labute approximate surface area is 166 Å². The van der Waals surface area contributed by atoms with Crippen LogP contribution in [0.15, 0.2) is 12.2 Å². The van der Waals surface area contributed by atoms with Gasteiger partial charge in [-0.25, -0.2) is 4.79 Å². The molecule has 0 rings (SSSR count). The lowest BCUT2D eigenvalue weighted by Gasteiger charge is -2.39. The molecule has 0 aromatic heterocycles. The molecule has 8 nitrogen and oxygen atoms in total. The molecular weight excluding hydrogens is 368 g/mol. The molecule has 0 spiro atoms. The Morgan fingerprint density at radius 1 is 0.679 bits per heavy atom. The van der Waals surface area contributed by atoms with Crippen LogP contribution in [-0.4, -0.2) is 52.3 Å². The highest BCUT2D eigenvalue weighted by Crippen LogP contribution is 2.46. The van der Waals surface area contributed by atoms with E-state index in [1.807, 2.05) is 0 Å². The van der Waals surface area contributed by atoms with Gasteiger partial charge in [0.1, 0.15) is 0 Å². The van der Waals surface area contributed by atoms with E-state index in [4.69, 9.17) is 14.2 Å². The van der Waals surface area contributed by atoms with Crippen molar-refractivity contribution in [2.75, 3.05) is 28.4 Å². The van der Waals surface area contributed by atoms with Gasteiger partial charge in [0, 0.05) is 5.57 Å². The highest BCUT2D eigenvalue weighted by molar-refractivity contribution is 5.89. The lowest BCUT2D eigenvalue weighted by atomic mass is 9.64. The molecular formula is C20H32O8. The van der Waals surface area contributed by atoms with Gasteiger partial charge in [0.25, 0.3) is 0 Å². The highest BCUT2D eigenvalue weighted by Gasteiger charge is 2.50. The van der Waals surface area contributed by atoms with Crippen molar-refractivity contribution in [3.05, 3.63) is 12.2 Å². The summed E-state index contributed by atoms with van der Waals surface area (Å²) < 4.78 is 19.3. The molecule has 0 aliphatic carbocycles. The Morgan fingerprint density at radius 2 is 1.11 bits per heavy atom. The molecule has 0 aromatic carbocycles. The summed E-state index contributed by atoms with van der Waals surface area (Å²) in [7, 11) is 4.92. The van der Waals surface area contributed by atoms with Gasteiger partial charge < -0.3 is 18.9 Å². The molecule has 0 aromatic rings. The Bertz CT molecular complexity index is 636. The number of methoxy groups -OCH3 is 4. The second-order valence-electron chi connectivity index (χ2n) is 8.11. The van der Waals surface area contributed by atoms with Crippen LogP contribution in [0.5, 0.6) is 0 Å². The Kier molecular flexibility index (Phi) is 8.88. The third-order valence-corrected chi connectivity index (χ3v) is 4.78. The van der Waals surface area contributed by atoms with Crippen LogP contribution in [0, 0.1) is 16.2 Å². The van der Waals surface area contributed by atoms with Crippen molar-refractivity contribution in [2.24, 2.45) is 16.2 Å². The lowest BCUT2D eigenvalue weighted by Crippen LogP contribution is -2.44. The first-order valence-electron chi connectivity index (χ1n) is 8.74. The molecule has 0 aliphatic heterocycles. The zero-order valence-electron chi connectivity index (χ0n) is 18.1. The third-order valence-electron chi connectivity index (χ3n) is 4.78. The number of carbonyl (C=O) groups excluding carboxylic acids is 4. The van der Waals surface area contributed by atoms with E-state index in [9.17, 15) is 19.2 Å². The summed E-state index contributed by atoms with van der Waals surface area (Å²) in [5, 5.41) is 0. The normalized spacial score (nSPS) is 15.4. The van der Waals surface area contributed by atoms with Crippen LogP contribution in [0.25, 0.3) is 0 Å². The predicted molar refractivity (Wildman–Crippen MR) is 101 cm³/mol. The molecule has 28 heavy (non-hydrogen) atoms. The van der Waals surface area contributed by atoms with E-state index in [1.54, 1.807) is 27.7 Å². The number of hydrogen-bond donors (Lipinski definition) is 0. The SMILES string of the molecule is C=C(CC(C)(CC(C)(CC(C)(C)C(=O)OC)C(=O)OC)C(=O)OC)C(=O)OC. The molecule has 2 unspecified atom stereocenters.